The van der Waals surface area contributed by atoms with Crippen molar-refractivity contribution in [3.8, 4) is 0 Å². The average Bonchev–Trinajstić information content (AvgIpc) is 2.01. The van der Waals surface area contributed by atoms with Gasteiger partial charge in [0.2, 0.25) is 0 Å². The van der Waals surface area contributed by atoms with Crippen molar-refractivity contribution >= 4 is 5.78 Å². The fraction of sp³-hybridized carbons (Fsp3) is 0.889. The highest BCUT2D eigenvalue weighted by Crippen LogP contribution is 1.91. The molecule has 1 atom stereocenters. The van der Waals surface area contributed by atoms with Gasteiger partial charge in [-0.25, -0.2) is 0 Å². The summed E-state index contributed by atoms with van der Waals surface area (Å²) in [5.74, 6) is 0.461. The predicted molar refractivity (Wildman–Crippen MR) is 44.7 cm³/mol. The van der Waals surface area contributed by atoms with Crippen LogP contribution in [0, 0.1) is 0 Å². The number of piperidine rings is 1. The molecule has 2 nitrogen and oxygen atoms in total. The van der Waals surface area contributed by atoms with E-state index in [2.05, 4.69) is 6.92 Å². The van der Waals surface area contributed by atoms with E-state index in [-0.39, 0.29) is 12.4 Å². The Morgan fingerprint density at radius 1 is 1.50 bits per heavy atom. The number of nitrogens with one attached hydrogen (secondary N) is 1. The maximum atomic E-state index is 11.0. The van der Waals surface area contributed by atoms with E-state index in [9.17, 15) is 4.79 Å². The van der Waals surface area contributed by atoms with Crippen LogP contribution in [-0.4, -0.2) is 25.4 Å². The summed E-state index contributed by atoms with van der Waals surface area (Å²) in [4.78, 5) is 12.5. The molecule has 1 aliphatic rings. The minimum atomic E-state index is 0. The lowest BCUT2D eigenvalue weighted by Gasteiger charge is -2.22. The Bertz CT molecular complexity index is 138. The van der Waals surface area contributed by atoms with E-state index in [1.54, 1.807) is 0 Å². The summed E-state index contributed by atoms with van der Waals surface area (Å²) < 4.78 is 0. The number of Topliss-reactive ketones (excluding diaryl/α,β-unsaturated/α-hetero) is 1. The number of unbranched alkanes of at least 4 members (excludes halogenated alkanes) is 1. The predicted octanol–water partition coefficient (Wildman–Crippen LogP) is -2.96. The van der Waals surface area contributed by atoms with Gasteiger partial charge in [-0.15, -0.1) is 0 Å². The summed E-state index contributed by atoms with van der Waals surface area (Å²) in [6.07, 6.45) is 4.45. The summed E-state index contributed by atoms with van der Waals surface area (Å²) in [6.45, 7) is 5.40. The maximum Gasteiger partial charge on any atom is 0.187 e. The maximum absolute atomic E-state index is 11.0. The largest absolute Gasteiger partial charge is 1.00 e. The molecule has 1 heterocycles. The van der Waals surface area contributed by atoms with Crippen molar-refractivity contribution in [3.05, 3.63) is 0 Å². The van der Waals surface area contributed by atoms with Crippen molar-refractivity contribution in [2.45, 2.75) is 32.6 Å². The summed E-state index contributed by atoms with van der Waals surface area (Å²) in [7, 11) is 0. The first-order chi connectivity index (χ1) is 5.33. The number of carbonyl (C=O) groups is 1. The lowest BCUT2D eigenvalue weighted by atomic mass is 10.1. The molecular weight excluding hydrogens is 174 g/mol. The van der Waals surface area contributed by atoms with Crippen LogP contribution < -0.4 is 17.3 Å². The molecule has 1 saturated heterocycles. The zero-order valence-corrected chi connectivity index (χ0v) is 8.49. The Labute approximate surface area is 80.7 Å². The molecule has 3 heteroatoms. The number of hydrogen-bond acceptors (Lipinski definition) is 1. The second kappa shape index (κ2) is 6.44. The Morgan fingerprint density at radius 2 is 2.25 bits per heavy atom. The fourth-order valence-electron chi connectivity index (χ4n) is 1.63. The van der Waals surface area contributed by atoms with Gasteiger partial charge in [0.15, 0.2) is 5.78 Å². The van der Waals surface area contributed by atoms with E-state index in [0.717, 1.165) is 19.4 Å². The summed E-state index contributed by atoms with van der Waals surface area (Å²) in [6, 6.07) is 0. The molecule has 0 amide bonds. The highest BCUT2D eigenvalue weighted by atomic mass is 35.5. The molecule has 0 saturated carbocycles. The Kier molecular flexibility index (Phi) is 6.39. The van der Waals surface area contributed by atoms with Crippen molar-refractivity contribution in [2.75, 3.05) is 19.6 Å². The molecule has 1 aliphatic heterocycles. The van der Waals surface area contributed by atoms with Crippen LogP contribution in [0.15, 0.2) is 0 Å². The van der Waals surface area contributed by atoms with Crippen LogP contribution >= 0.6 is 0 Å². The summed E-state index contributed by atoms with van der Waals surface area (Å²) in [5.41, 5.74) is 0. The van der Waals surface area contributed by atoms with Gasteiger partial charge in [-0.05, 0) is 6.42 Å². The number of rotatable bonds is 3. The van der Waals surface area contributed by atoms with Gasteiger partial charge in [-0.1, -0.05) is 13.3 Å². The molecular formula is C9H18ClNO. The highest BCUT2D eigenvalue weighted by Gasteiger charge is 2.18. The van der Waals surface area contributed by atoms with Crippen molar-refractivity contribution in [3.63, 3.8) is 0 Å². The normalized spacial score (nSPS) is 23.4. The molecule has 0 aromatic rings. The first-order valence-electron chi connectivity index (χ1n) is 4.68. The van der Waals surface area contributed by atoms with E-state index >= 15 is 0 Å². The van der Waals surface area contributed by atoms with Crippen LogP contribution in [0.2, 0.25) is 0 Å². The third-order valence-electron chi connectivity index (χ3n) is 2.32. The van der Waals surface area contributed by atoms with Gasteiger partial charge in [0.25, 0.3) is 0 Å². The zero-order chi connectivity index (χ0) is 8.10. The molecule has 1 N–H and O–H groups in total. The van der Waals surface area contributed by atoms with E-state index < -0.39 is 0 Å². The van der Waals surface area contributed by atoms with Gasteiger partial charge in [-0.3, -0.25) is 4.79 Å². The monoisotopic (exact) mass is 191 g/mol. The lowest BCUT2D eigenvalue weighted by Crippen LogP contribution is -3.13. The van der Waals surface area contributed by atoms with Crippen LogP contribution in [0.3, 0.4) is 0 Å². The van der Waals surface area contributed by atoms with Crippen LogP contribution in [0.5, 0.6) is 0 Å². The lowest BCUT2D eigenvalue weighted by molar-refractivity contribution is -0.894. The van der Waals surface area contributed by atoms with Crippen LogP contribution in [0.4, 0.5) is 0 Å². The van der Waals surface area contributed by atoms with Gasteiger partial charge in [-0.2, -0.15) is 0 Å². The number of quaternary nitrogens is 1. The third-order valence-corrected chi connectivity index (χ3v) is 2.32. The van der Waals surface area contributed by atoms with Gasteiger partial charge in [0, 0.05) is 12.8 Å². The molecule has 0 aromatic carbocycles. The number of carbonyl (C=O) groups excluding carboxylic acids is 1. The molecule has 12 heavy (non-hydrogen) atoms. The van der Waals surface area contributed by atoms with Crippen molar-refractivity contribution < 1.29 is 22.1 Å². The van der Waals surface area contributed by atoms with Gasteiger partial charge < -0.3 is 17.3 Å². The van der Waals surface area contributed by atoms with E-state index in [4.69, 9.17) is 0 Å². The van der Waals surface area contributed by atoms with Gasteiger partial charge in [0.1, 0.15) is 6.54 Å². The number of ketones is 1. The summed E-state index contributed by atoms with van der Waals surface area (Å²) >= 11 is 0. The molecule has 1 unspecified atom stereocenters. The van der Waals surface area contributed by atoms with Gasteiger partial charge in [0.05, 0.1) is 13.1 Å². The SMILES string of the molecule is CCCC[NH+]1CCCC(=O)C1.[Cl-]. The molecule has 72 valence electrons. The molecule has 0 bridgehead atoms. The zero-order valence-electron chi connectivity index (χ0n) is 7.74. The standard InChI is InChI=1S/C9H17NO.ClH/c1-2-3-6-10-7-4-5-9(11)8-10;/h2-8H2,1H3;1H. The van der Waals surface area contributed by atoms with E-state index in [1.807, 2.05) is 0 Å². The Hall–Kier alpha value is -0.0800. The first kappa shape index (κ1) is 11.9. The van der Waals surface area contributed by atoms with Crippen molar-refractivity contribution in [1.29, 1.82) is 0 Å². The van der Waals surface area contributed by atoms with Crippen LogP contribution in [0.25, 0.3) is 0 Å². The van der Waals surface area contributed by atoms with Crippen LogP contribution in [0.1, 0.15) is 32.6 Å². The molecule has 1 fully saturated rings. The molecule has 0 radical (unpaired) electrons. The number of hydrogen-bond donors (Lipinski definition) is 1. The van der Waals surface area contributed by atoms with Crippen LogP contribution in [-0.2, 0) is 4.79 Å². The Morgan fingerprint density at radius 3 is 2.83 bits per heavy atom. The quantitative estimate of drug-likeness (QED) is 0.506. The molecule has 0 aliphatic carbocycles. The molecule has 0 spiro atoms. The minimum absolute atomic E-state index is 0. The smallest absolute Gasteiger partial charge is 0.187 e. The van der Waals surface area contributed by atoms with Crippen molar-refractivity contribution in [1.82, 2.24) is 0 Å². The number of halogens is 1. The van der Waals surface area contributed by atoms with E-state index in [0.29, 0.717) is 5.78 Å². The average molecular weight is 192 g/mol. The topological polar surface area (TPSA) is 21.5 Å². The van der Waals surface area contributed by atoms with E-state index in [1.165, 1.54) is 30.8 Å². The number of likely N-dealkylation sites (tertiary alicyclic amines) is 1. The highest BCUT2D eigenvalue weighted by molar-refractivity contribution is 5.79. The third kappa shape index (κ3) is 4.07. The van der Waals surface area contributed by atoms with Crippen molar-refractivity contribution in [2.24, 2.45) is 0 Å². The molecule has 1 rings (SSSR count). The van der Waals surface area contributed by atoms with Gasteiger partial charge >= 0.3 is 0 Å². The summed E-state index contributed by atoms with van der Waals surface area (Å²) in [5, 5.41) is 0. The second-order valence-corrected chi connectivity index (χ2v) is 3.42. The fourth-order valence-corrected chi connectivity index (χ4v) is 1.63. The molecule has 0 aromatic heterocycles. The Balaban J connectivity index is 0.00000121. The first-order valence-corrected chi connectivity index (χ1v) is 4.68. The minimum Gasteiger partial charge on any atom is -1.00 e. The second-order valence-electron chi connectivity index (χ2n) is 3.42.